The molecule has 3 aromatic rings. The van der Waals surface area contributed by atoms with Crippen molar-refractivity contribution in [2.75, 3.05) is 0 Å². The van der Waals surface area contributed by atoms with Crippen LogP contribution in [0.2, 0.25) is 0 Å². The van der Waals surface area contributed by atoms with Gasteiger partial charge in [-0.05, 0) is 60.8 Å². The zero-order valence-corrected chi connectivity index (χ0v) is 17.3. The molecule has 1 aliphatic carbocycles. The molecule has 11 heteroatoms. The first-order valence-corrected chi connectivity index (χ1v) is 10.9. The number of aromatic nitrogens is 1. The van der Waals surface area contributed by atoms with E-state index in [1.165, 1.54) is 59.2 Å². The zero-order valence-electron chi connectivity index (χ0n) is 14.8. The quantitative estimate of drug-likeness (QED) is 0.442. The van der Waals surface area contributed by atoms with Crippen LogP contribution >= 0.6 is 23.6 Å². The summed E-state index contributed by atoms with van der Waals surface area (Å²) >= 11 is 6.32. The highest BCUT2D eigenvalue weighted by Gasteiger charge is 2.15. The van der Waals surface area contributed by atoms with Gasteiger partial charge in [0.25, 0.3) is 10.1 Å². The molecule has 8 nitrogen and oxygen atoms in total. The topological polar surface area (TPSA) is 127 Å². The molecule has 0 bridgehead atoms. The number of carbonyl (C=O) groups excluding carboxylic acids is 1. The third-order valence-corrected chi connectivity index (χ3v) is 6.40. The Morgan fingerprint density at radius 2 is 1.83 bits per heavy atom. The number of hydrogen-bond donors (Lipinski definition) is 2. The van der Waals surface area contributed by atoms with E-state index in [-0.39, 0.29) is 36.0 Å². The molecule has 4 rings (SSSR count). The molecule has 30 heavy (non-hydrogen) atoms. The molecule has 0 aliphatic heterocycles. The SMILES string of the molecule is O=C1C=Cc2c/c(=C/c3sc(=S)n(-c4ccc(S(=O)(=O)O)cc4)c3O)c(=O)oc2=C1. The minimum absolute atomic E-state index is 0.154. The maximum Gasteiger partial charge on any atom is 0.343 e. The van der Waals surface area contributed by atoms with Crippen LogP contribution in [0.25, 0.3) is 23.9 Å². The largest absolute Gasteiger partial charge is 0.493 e. The number of allylic oxidation sites excluding steroid dienone is 1. The summed E-state index contributed by atoms with van der Waals surface area (Å²) in [5.41, 5.74) is 0.395. The van der Waals surface area contributed by atoms with Gasteiger partial charge in [-0.3, -0.25) is 13.9 Å². The molecule has 2 aromatic heterocycles. The third-order valence-electron chi connectivity index (χ3n) is 4.23. The molecular formula is C19H11NO7S3. The summed E-state index contributed by atoms with van der Waals surface area (Å²) in [4.78, 5) is 23.7. The van der Waals surface area contributed by atoms with E-state index in [0.717, 1.165) is 11.3 Å². The Morgan fingerprint density at radius 3 is 2.50 bits per heavy atom. The minimum atomic E-state index is -4.35. The van der Waals surface area contributed by atoms with Crippen molar-refractivity contribution in [3.63, 3.8) is 0 Å². The molecule has 0 radical (unpaired) electrons. The van der Waals surface area contributed by atoms with Gasteiger partial charge in [-0.25, -0.2) is 4.79 Å². The number of rotatable bonds is 3. The molecule has 0 saturated heterocycles. The zero-order chi connectivity index (χ0) is 21.6. The second kappa shape index (κ2) is 7.29. The van der Waals surface area contributed by atoms with E-state index < -0.39 is 15.7 Å². The highest BCUT2D eigenvalue weighted by Crippen LogP contribution is 2.30. The van der Waals surface area contributed by atoms with Crippen LogP contribution < -0.4 is 16.3 Å². The average Bonchev–Trinajstić information content (AvgIpc) is 2.95. The van der Waals surface area contributed by atoms with Crippen LogP contribution in [0.15, 0.2) is 50.5 Å². The predicted molar refractivity (Wildman–Crippen MR) is 112 cm³/mol. The van der Waals surface area contributed by atoms with Crippen LogP contribution in [0, 0.1) is 3.95 Å². The molecule has 0 saturated carbocycles. The normalized spacial score (nSPS) is 13.9. The number of thiazole rings is 1. The van der Waals surface area contributed by atoms with Crippen LogP contribution in [-0.2, 0) is 14.9 Å². The van der Waals surface area contributed by atoms with Gasteiger partial charge in [0.15, 0.2) is 9.74 Å². The molecule has 152 valence electrons. The second-order valence-corrected chi connectivity index (χ2v) is 9.29. The number of nitrogens with zero attached hydrogens (tertiary/aromatic N) is 1. The Labute approximate surface area is 177 Å². The lowest BCUT2D eigenvalue weighted by Gasteiger charge is -2.05. The number of ketones is 1. The van der Waals surface area contributed by atoms with Crippen LogP contribution in [0.5, 0.6) is 5.88 Å². The highest BCUT2D eigenvalue weighted by molar-refractivity contribution is 7.85. The second-order valence-electron chi connectivity index (χ2n) is 6.19. The van der Waals surface area contributed by atoms with Crippen molar-refractivity contribution in [1.82, 2.24) is 4.57 Å². The molecule has 0 fully saturated rings. The maximum atomic E-state index is 12.3. The highest BCUT2D eigenvalue weighted by atomic mass is 32.2. The van der Waals surface area contributed by atoms with Gasteiger partial charge in [0.05, 0.1) is 20.7 Å². The molecule has 0 unspecified atom stereocenters. The van der Waals surface area contributed by atoms with Crippen LogP contribution in [-0.4, -0.2) is 28.4 Å². The lowest BCUT2D eigenvalue weighted by Crippen LogP contribution is -2.30. The fraction of sp³-hybridized carbons (Fsp3) is 0. The lowest BCUT2D eigenvalue weighted by molar-refractivity contribution is -0.109. The summed E-state index contributed by atoms with van der Waals surface area (Å²) < 4.78 is 38.2. The van der Waals surface area contributed by atoms with Crippen molar-refractivity contribution in [2.45, 2.75) is 4.90 Å². The van der Waals surface area contributed by atoms with Gasteiger partial charge in [0.1, 0.15) is 5.42 Å². The van der Waals surface area contributed by atoms with Crippen molar-refractivity contribution < 1.29 is 27.3 Å². The van der Waals surface area contributed by atoms with Crippen molar-refractivity contribution in [3.05, 3.63) is 71.9 Å². The summed E-state index contributed by atoms with van der Waals surface area (Å²) in [6.45, 7) is 0. The maximum absolute atomic E-state index is 12.3. The first-order chi connectivity index (χ1) is 14.1. The van der Waals surface area contributed by atoms with E-state index in [1.807, 2.05) is 0 Å². The van der Waals surface area contributed by atoms with E-state index >= 15 is 0 Å². The number of fused-ring (bicyclic) bond motifs is 1. The molecule has 0 amide bonds. The smallest absolute Gasteiger partial charge is 0.343 e. The average molecular weight is 461 g/mol. The van der Waals surface area contributed by atoms with Gasteiger partial charge < -0.3 is 9.52 Å². The minimum Gasteiger partial charge on any atom is -0.493 e. The van der Waals surface area contributed by atoms with Gasteiger partial charge >= 0.3 is 5.63 Å². The van der Waals surface area contributed by atoms with Crippen molar-refractivity contribution in [2.24, 2.45) is 0 Å². The number of carbonyl (C=O) groups is 1. The summed E-state index contributed by atoms with van der Waals surface area (Å²) in [7, 11) is -4.35. The molecule has 2 heterocycles. The first-order valence-electron chi connectivity index (χ1n) is 8.26. The third kappa shape index (κ3) is 3.71. The van der Waals surface area contributed by atoms with Crippen LogP contribution in [0.1, 0.15) is 10.4 Å². The number of hydrogen-bond acceptors (Lipinski definition) is 8. The monoisotopic (exact) mass is 461 g/mol. The molecule has 2 N–H and O–H groups in total. The van der Waals surface area contributed by atoms with E-state index in [1.54, 1.807) is 0 Å². The lowest BCUT2D eigenvalue weighted by atomic mass is 10.1. The molecule has 0 atom stereocenters. The molecule has 1 aliphatic rings. The van der Waals surface area contributed by atoms with Gasteiger partial charge in [0, 0.05) is 11.6 Å². The van der Waals surface area contributed by atoms with Crippen LogP contribution in [0.4, 0.5) is 0 Å². The van der Waals surface area contributed by atoms with Gasteiger partial charge in [0.2, 0.25) is 5.88 Å². The van der Waals surface area contributed by atoms with E-state index in [4.69, 9.17) is 21.2 Å². The Hall–Kier alpha value is -3.12. The van der Waals surface area contributed by atoms with Gasteiger partial charge in [-0.2, -0.15) is 8.42 Å². The Kier molecular flexibility index (Phi) is 4.90. The van der Waals surface area contributed by atoms with E-state index in [0.29, 0.717) is 11.3 Å². The molecule has 0 spiro atoms. The van der Waals surface area contributed by atoms with E-state index in [9.17, 15) is 23.1 Å². The summed E-state index contributed by atoms with van der Waals surface area (Å²) in [5.74, 6) is -0.533. The summed E-state index contributed by atoms with van der Waals surface area (Å²) in [5, 5.41) is 10.8. The molecule has 1 aromatic carbocycles. The van der Waals surface area contributed by atoms with Crippen molar-refractivity contribution in [1.29, 1.82) is 0 Å². The Balaban J connectivity index is 1.83. The Bertz CT molecular complexity index is 1570. The van der Waals surface area contributed by atoms with Gasteiger partial charge in [-0.15, -0.1) is 11.3 Å². The number of aromatic hydroxyl groups is 1. The molecular weight excluding hydrogens is 450 g/mol. The summed E-state index contributed by atoms with van der Waals surface area (Å²) in [6.07, 6.45) is 5.51. The number of benzene rings is 1. The van der Waals surface area contributed by atoms with Gasteiger partial charge in [-0.1, -0.05) is 0 Å². The van der Waals surface area contributed by atoms with E-state index in [2.05, 4.69) is 0 Å². The van der Waals surface area contributed by atoms with Crippen LogP contribution in [0.3, 0.4) is 0 Å². The fourth-order valence-corrected chi connectivity index (χ4v) is 4.60. The fourth-order valence-electron chi connectivity index (χ4n) is 2.82. The summed E-state index contributed by atoms with van der Waals surface area (Å²) in [6, 6.07) is 6.64. The van der Waals surface area contributed by atoms with Crippen molar-refractivity contribution in [3.8, 4) is 11.6 Å². The predicted octanol–water partition coefficient (Wildman–Crippen LogP) is 1.38. The first kappa shape index (κ1) is 20.2. The Morgan fingerprint density at radius 1 is 1.13 bits per heavy atom. The standard InChI is InChI=1S/C19H11NO7S3/c21-13-4-1-10-7-11(18(23)27-15(10)9-13)8-16-17(22)20(19(28)29-16)12-2-5-14(6-3-12)30(24,25)26/h1-9,22H,(H,24,25,26)/b11-8-. The van der Waals surface area contributed by atoms with Crippen molar-refractivity contribution >= 4 is 57.7 Å².